The van der Waals surface area contributed by atoms with Crippen molar-refractivity contribution in [3.05, 3.63) is 0 Å². The van der Waals surface area contributed by atoms with Crippen molar-refractivity contribution in [2.75, 3.05) is 0 Å². The van der Waals surface area contributed by atoms with Crippen molar-refractivity contribution in [3.8, 4) is 0 Å². The molecular weight excluding hydrogens is 228 g/mol. The molecule has 1 saturated heterocycles. The number of hydrogen-bond donors (Lipinski definition) is 1. The zero-order chi connectivity index (χ0) is 12.9. The second-order valence-electron chi connectivity index (χ2n) is 6.20. The van der Waals surface area contributed by atoms with Gasteiger partial charge in [0, 0.05) is 6.04 Å². The highest BCUT2D eigenvalue weighted by Gasteiger charge is 2.56. The van der Waals surface area contributed by atoms with Crippen LogP contribution >= 0.6 is 0 Å². The zero-order valence-electron chi connectivity index (χ0n) is 11.2. The van der Waals surface area contributed by atoms with Crippen LogP contribution < -0.4 is 5.32 Å². The molecule has 3 rings (SSSR count). The van der Waals surface area contributed by atoms with Crippen LogP contribution in [-0.2, 0) is 9.59 Å². The van der Waals surface area contributed by atoms with E-state index in [9.17, 15) is 9.59 Å². The minimum atomic E-state index is -0.551. The molecule has 1 heterocycles. The molecule has 1 spiro atoms. The number of hydrogen-bond acceptors (Lipinski definition) is 2. The fourth-order valence-electron chi connectivity index (χ4n) is 3.66. The van der Waals surface area contributed by atoms with Gasteiger partial charge in [-0.05, 0) is 31.6 Å². The number of nitrogens with zero attached hydrogens (tertiary/aromatic N) is 1. The molecule has 0 radical (unpaired) electrons. The molecule has 0 bridgehead atoms. The van der Waals surface area contributed by atoms with E-state index in [1.807, 2.05) is 11.8 Å². The van der Waals surface area contributed by atoms with E-state index in [1.54, 1.807) is 0 Å². The van der Waals surface area contributed by atoms with Crippen LogP contribution in [0.1, 0.15) is 52.4 Å². The smallest absolute Gasteiger partial charge is 0.249 e. The zero-order valence-corrected chi connectivity index (χ0v) is 11.2. The quantitative estimate of drug-likeness (QED) is 0.806. The van der Waals surface area contributed by atoms with Crippen molar-refractivity contribution in [2.24, 2.45) is 5.92 Å². The van der Waals surface area contributed by atoms with Gasteiger partial charge in [0.1, 0.15) is 11.6 Å². The van der Waals surface area contributed by atoms with Crippen molar-refractivity contribution in [2.45, 2.75) is 70.0 Å². The molecule has 3 unspecified atom stereocenters. The predicted octanol–water partition coefficient (Wildman–Crippen LogP) is 1.44. The number of nitrogens with one attached hydrogen (secondary N) is 1. The second-order valence-corrected chi connectivity index (χ2v) is 6.20. The van der Waals surface area contributed by atoms with Gasteiger partial charge in [-0.1, -0.05) is 26.7 Å². The number of carbonyl (C=O) groups is 2. The standard InChI is InChI=1S/C14H22N2O2/c1-3-10-12(17)15-14(6-4-5-7-14)13(18)16(10)11-8-9(11)2/h9-11H,3-8H2,1-2H3,(H,15,17). The van der Waals surface area contributed by atoms with Crippen LogP contribution in [0.2, 0.25) is 0 Å². The number of rotatable bonds is 2. The summed E-state index contributed by atoms with van der Waals surface area (Å²) in [5.41, 5.74) is -0.551. The van der Waals surface area contributed by atoms with E-state index in [0.717, 1.165) is 38.5 Å². The summed E-state index contributed by atoms with van der Waals surface area (Å²) in [5.74, 6) is 0.825. The van der Waals surface area contributed by atoms with E-state index in [2.05, 4.69) is 12.2 Å². The molecule has 1 N–H and O–H groups in total. The Morgan fingerprint density at radius 2 is 1.94 bits per heavy atom. The summed E-state index contributed by atoms with van der Waals surface area (Å²) in [4.78, 5) is 27.0. The molecule has 1 aliphatic heterocycles. The lowest BCUT2D eigenvalue weighted by molar-refractivity contribution is -0.156. The largest absolute Gasteiger partial charge is 0.340 e. The first-order valence-electron chi connectivity index (χ1n) is 7.24. The molecule has 4 heteroatoms. The number of carbonyl (C=O) groups excluding carboxylic acids is 2. The summed E-state index contributed by atoms with van der Waals surface area (Å²) in [6.45, 7) is 4.16. The second kappa shape index (κ2) is 3.97. The molecule has 0 aromatic carbocycles. The predicted molar refractivity (Wildman–Crippen MR) is 67.8 cm³/mol. The van der Waals surface area contributed by atoms with E-state index in [0.29, 0.717) is 12.0 Å². The Bertz CT molecular complexity index is 387. The summed E-state index contributed by atoms with van der Waals surface area (Å²) in [6.07, 6.45) is 5.54. The molecule has 100 valence electrons. The van der Waals surface area contributed by atoms with Gasteiger partial charge in [0.2, 0.25) is 11.8 Å². The molecule has 3 aliphatic rings. The molecular formula is C14H22N2O2. The first-order chi connectivity index (χ1) is 8.59. The van der Waals surface area contributed by atoms with Crippen LogP contribution in [0.5, 0.6) is 0 Å². The van der Waals surface area contributed by atoms with Crippen LogP contribution in [0.25, 0.3) is 0 Å². The molecule has 2 amide bonds. The molecule has 0 aromatic heterocycles. The van der Waals surface area contributed by atoms with Crippen LogP contribution in [0.3, 0.4) is 0 Å². The normalized spacial score (nSPS) is 38.1. The van der Waals surface area contributed by atoms with Gasteiger partial charge in [0.15, 0.2) is 0 Å². The molecule has 18 heavy (non-hydrogen) atoms. The average molecular weight is 250 g/mol. The van der Waals surface area contributed by atoms with Crippen molar-refractivity contribution >= 4 is 11.8 Å². The van der Waals surface area contributed by atoms with E-state index < -0.39 is 5.54 Å². The molecule has 2 saturated carbocycles. The third-order valence-corrected chi connectivity index (χ3v) is 4.91. The maximum Gasteiger partial charge on any atom is 0.249 e. The number of piperazine rings is 1. The first-order valence-corrected chi connectivity index (χ1v) is 7.24. The summed E-state index contributed by atoms with van der Waals surface area (Å²) < 4.78 is 0. The van der Waals surface area contributed by atoms with Crippen molar-refractivity contribution in [1.82, 2.24) is 10.2 Å². The van der Waals surface area contributed by atoms with Gasteiger partial charge in [-0.2, -0.15) is 0 Å². The Hall–Kier alpha value is -1.06. The van der Waals surface area contributed by atoms with Gasteiger partial charge < -0.3 is 10.2 Å². The maximum absolute atomic E-state index is 12.8. The van der Waals surface area contributed by atoms with Gasteiger partial charge in [-0.15, -0.1) is 0 Å². The highest BCUT2D eigenvalue weighted by Crippen LogP contribution is 2.42. The van der Waals surface area contributed by atoms with Crippen molar-refractivity contribution < 1.29 is 9.59 Å². The minimum absolute atomic E-state index is 0.0677. The Morgan fingerprint density at radius 1 is 1.33 bits per heavy atom. The van der Waals surface area contributed by atoms with Crippen LogP contribution in [0, 0.1) is 5.92 Å². The van der Waals surface area contributed by atoms with Gasteiger partial charge in [0.05, 0.1) is 0 Å². The Labute approximate surface area is 108 Å². The topological polar surface area (TPSA) is 49.4 Å². The molecule has 2 aliphatic carbocycles. The number of amides is 2. The van der Waals surface area contributed by atoms with E-state index in [-0.39, 0.29) is 17.9 Å². The summed E-state index contributed by atoms with van der Waals surface area (Å²) in [5, 5.41) is 3.04. The SMILES string of the molecule is CCC1C(=O)NC2(CCCC2)C(=O)N1C1CC1C. The molecule has 0 aromatic rings. The van der Waals surface area contributed by atoms with E-state index in [1.165, 1.54) is 0 Å². The monoisotopic (exact) mass is 250 g/mol. The third-order valence-electron chi connectivity index (χ3n) is 4.91. The van der Waals surface area contributed by atoms with Crippen molar-refractivity contribution in [1.29, 1.82) is 0 Å². The summed E-state index contributed by atoms with van der Waals surface area (Å²) in [7, 11) is 0. The van der Waals surface area contributed by atoms with Crippen LogP contribution in [0.4, 0.5) is 0 Å². The van der Waals surface area contributed by atoms with Crippen LogP contribution in [0.15, 0.2) is 0 Å². The summed E-state index contributed by atoms with van der Waals surface area (Å²) in [6, 6.07) is 0.0737. The van der Waals surface area contributed by atoms with E-state index >= 15 is 0 Å². The van der Waals surface area contributed by atoms with Crippen LogP contribution in [-0.4, -0.2) is 34.3 Å². The maximum atomic E-state index is 12.8. The Morgan fingerprint density at radius 3 is 2.44 bits per heavy atom. The fraction of sp³-hybridized carbons (Fsp3) is 0.857. The van der Waals surface area contributed by atoms with Gasteiger partial charge in [0.25, 0.3) is 0 Å². The Kier molecular flexibility index (Phi) is 2.65. The highest BCUT2D eigenvalue weighted by molar-refractivity contribution is 6.00. The van der Waals surface area contributed by atoms with Crippen molar-refractivity contribution in [3.63, 3.8) is 0 Å². The van der Waals surface area contributed by atoms with Gasteiger partial charge >= 0.3 is 0 Å². The fourth-order valence-corrected chi connectivity index (χ4v) is 3.66. The molecule has 3 atom stereocenters. The van der Waals surface area contributed by atoms with Gasteiger partial charge in [-0.25, -0.2) is 0 Å². The average Bonchev–Trinajstić information content (AvgIpc) is 2.87. The molecule has 4 nitrogen and oxygen atoms in total. The van der Waals surface area contributed by atoms with E-state index in [4.69, 9.17) is 0 Å². The summed E-state index contributed by atoms with van der Waals surface area (Å²) >= 11 is 0. The lowest BCUT2D eigenvalue weighted by Gasteiger charge is -2.44. The third kappa shape index (κ3) is 1.57. The minimum Gasteiger partial charge on any atom is -0.340 e. The highest BCUT2D eigenvalue weighted by atomic mass is 16.2. The lowest BCUT2D eigenvalue weighted by Crippen LogP contribution is -2.69. The molecule has 3 fully saturated rings. The lowest BCUT2D eigenvalue weighted by atomic mass is 9.90. The Balaban J connectivity index is 1.91. The first kappa shape index (κ1) is 12.0. The van der Waals surface area contributed by atoms with Gasteiger partial charge in [-0.3, -0.25) is 9.59 Å².